The fourth-order valence-electron chi connectivity index (χ4n) is 1.89. The lowest BCUT2D eigenvalue weighted by molar-refractivity contribution is 0.178. The Balaban J connectivity index is 1.77. The van der Waals surface area contributed by atoms with E-state index in [1.165, 1.54) is 12.0 Å². The van der Waals surface area contributed by atoms with Crippen LogP contribution in [0.2, 0.25) is 0 Å². The molecule has 3 nitrogen and oxygen atoms in total. The summed E-state index contributed by atoms with van der Waals surface area (Å²) < 4.78 is 5.38. The third-order valence-corrected chi connectivity index (χ3v) is 3.05. The molecule has 0 bridgehead atoms. The van der Waals surface area contributed by atoms with Crippen LogP contribution in [0.1, 0.15) is 18.9 Å². The molecule has 0 amide bonds. The van der Waals surface area contributed by atoms with Gasteiger partial charge in [0.25, 0.3) is 0 Å². The van der Waals surface area contributed by atoms with Gasteiger partial charge in [-0.15, -0.1) is 0 Å². The van der Waals surface area contributed by atoms with Crippen molar-refractivity contribution in [1.82, 2.24) is 10.3 Å². The van der Waals surface area contributed by atoms with E-state index in [1.54, 1.807) is 0 Å². The maximum absolute atomic E-state index is 5.38. The summed E-state index contributed by atoms with van der Waals surface area (Å²) in [6, 6.07) is 4.62. The number of hydrogen-bond acceptors (Lipinski definition) is 3. The number of rotatable bonds is 4. The zero-order chi connectivity index (χ0) is 10.5. The van der Waals surface area contributed by atoms with Crippen LogP contribution in [0.4, 0.5) is 0 Å². The molecule has 82 valence electrons. The lowest BCUT2D eigenvalue weighted by Crippen LogP contribution is -2.33. The molecule has 1 aliphatic rings. The first-order chi connectivity index (χ1) is 7.36. The Morgan fingerprint density at radius 2 is 2.33 bits per heavy atom. The standard InChI is InChI=1S/C12H18N2O/c1-10(12-4-7-15-9-12)14-8-11-2-5-13-6-3-11/h2-3,5-6,10,12,14H,4,7-9H2,1H3. The second-order valence-electron chi connectivity index (χ2n) is 4.15. The topological polar surface area (TPSA) is 34.2 Å². The molecule has 2 atom stereocenters. The zero-order valence-electron chi connectivity index (χ0n) is 9.15. The van der Waals surface area contributed by atoms with Crippen LogP contribution < -0.4 is 5.32 Å². The first-order valence-electron chi connectivity index (χ1n) is 5.56. The van der Waals surface area contributed by atoms with Gasteiger partial charge in [0, 0.05) is 31.6 Å². The van der Waals surface area contributed by atoms with Crippen molar-refractivity contribution in [2.75, 3.05) is 13.2 Å². The Kier molecular flexibility index (Phi) is 3.69. The second kappa shape index (κ2) is 5.24. The molecule has 1 N–H and O–H groups in total. The third-order valence-electron chi connectivity index (χ3n) is 3.05. The molecule has 3 heteroatoms. The maximum Gasteiger partial charge on any atom is 0.0509 e. The summed E-state index contributed by atoms with van der Waals surface area (Å²) in [4.78, 5) is 4.00. The summed E-state index contributed by atoms with van der Waals surface area (Å²) in [5.74, 6) is 0.673. The van der Waals surface area contributed by atoms with E-state index < -0.39 is 0 Å². The minimum absolute atomic E-state index is 0.528. The molecule has 0 aliphatic carbocycles. The maximum atomic E-state index is 5.38. The number of ether oxygens (including phenoxy) is 1. The Labute approximate surface area is 90.9 Å². The summed E-state index contributed by atoms with van der Waals surface area (Å²) in [6.45, 7) is 4.98. The summed E-state index contributed by atoms with van der Waals surface area (Å²) >= 11 is 0. The molecule has 2 rings (SSSR count). The molecule has 2 heterocycles. The van der Waals surface area contributed by atoms with Crippen LogP contribution in [0.3, 0.4) is 0 Å². The Morgan fingerprint density at radius 1 is 1.53 bits per heavy atom. The summed E-state index contributed by atoms with van der Waals surface area (Å²) in [5, 5.41) is 3.53. The van der Waals surface area contributed by atoms with Gasteiger partial charge < -0.3 is 10.1 Å². The molecule has 1 aliphatic heterocycles. The van der Waals surface area contributed by atoms with E-state index >= 15 is 0 Å². The van der Waals surface area contributed by atoms with Crippen molar-refractivity contribution in [2.24, 2.45) is 5.92 Å². The van der Waals surface area contributed by atoms with Gasteiger partial charge in [-0.3, -0.25) is 4.98 Å². The van der Waals surface area contributed by atoms with Crippen molar-refractivity contribution in [3.05, 3.63) is 30.1 Å². The van der Waals surface area contributed by atoms with Crippen LogP contribution in [0, 0.1) is 5.92 Å². The lowest BCUT2D eigenvalue weighted by Gasteiger charge is -2.19. The van der Waals surface area contributed by atoms with E-state index in [0.29, 0.717) is 12.0 Å². The molecule has 2 unspecified atom stereocenters. The Hall–Kier alpha value is -0.930. The highest BCUT2D eigenvalue weighted by Gasteiger charge is 2.21. The van der Waals surface area contributed by atoms with E-state index in [2.05, 4.69) is 17.2 Å². The monoisotopic (exact) mass is 206 g/mol. The highest BCUT2D eigenvalue weighted by atomic mass is 16.5. The van der Waals surface area contributed by atoms with E-state index in [1.807, 2.05) is 24.5 Å². The number of nitrogens with zero attached hydrogens (tertiary/aromatic N) is 1. The first kappa shape index (κ1) is 10.6. The fraction of sp³-hybridized carbons (Fsp3) is 0.583. The molecule has 0 spiro atoms. The molecule has 1 aromatic heterocycles. The van der Waals surface area contributed by atoms with Gasteiger partial charge in [-0.2, -0.15) is 0 Å². The quantitative estimate of drug-likeness (QED) is 0.812. The van der Waals surface area contributed by atoms with Crippen molar-refractivity contribution in [2.45, 2.75) is 25.9 Å². The fourth-order valence-corrected chi connectivity index (χ4v) is 1.89. The van der Waals surface area contributed by atoms with Crippen molar-refractivity contribution in [3.63, 3.8) is 0 Å². The van der Waals surface area contributed by atoms with Gasteiger partial charge in [0.2, 0.25) is 0 Å². The van der Waals surface area contributed by atoms with Crippen LogP contribution in [-0.2, 0) is 11.3 Å². The average Bonchev–Trinajstić information content (AvgIpc) is 2.81. The summed E-state index contributed by atoms with van der Waals surface area (Å²) in [5.41, 5.74) is 1.29. The minimum atomic E-state index is 0.528. The van der Waals surface area contributed by atoms with Gasteiger partial charge in [0.15, 0.2) is 0 Å². The number of aromatic nitrogens is 1. The van der Waals surface area contributed by atoms with Crippen molar-refractivity contribution >= 4 is 0 Å². The van der Waals surface area contributed by atoms with Crippen LogP contribution in [0.15, 0.2) is 24.5 Å². The highest BCUT2D eigenvalue weighted by Crippen LogP contribution is 2.16. The number of hydrogen-bond donors (Lipinski definition) is 1. The third kappa shape index (κ3) is 3.01. The molecule has 0 aromatic carbocycles. The molecular formula is C12H18N2O. The predicted molar refractivity (Wildman–Crippen MR) is 59.5 cm³/mol. The molecule has 1 fully saturated rings. The largest absolute Gasteiger partial charge is 0.381 e. The molecule has 0 saturated carbocycles. The lowest BCUT2D eigenvalue weighted by atomic mass is 10.0. The van der Waals surface area contributed by atoms with E-state index in [9.17, 15) is 0 Å². The van der Waals surface area contributed by atoms with Crippen LogP contribution in [-0.4, -0.2) is 24.2 Å². The highest BCUT2D eigenvalue weighted by molar-refractivity contribution is 5.09. The molecular weight excluding hydrogens is 188 g/mol. The van der Waals surface area contributed by atoms with Crippen LogP contribution >= 0.6 is 0 Å². The van der Waals surface area contributed by atoms with Gasteiger partial charge in [0.1, 0.15) is 0 Å². The van der Waals surface area contributed by atoms with Crippen LogP contribution in [0.25, 0.3) is 0 Å². The van der Waals surface area contributed by atoms with E-state index in [-0.39, 0.29) is 0 Å². The summed E-state index contributed by atoms with van der Waals surface area (Å²) in [7, 11) is 0. The Morgan fingerprint density at radius 3 is 3.00 bits per heavy atom. The van der Waals surface area contributed by atoms with Gasteiger partial charge >= 0.3 is 0 Å². The molecule has 1 aromatic rings. The zero-order valence-corrected chi connectivity index (χ0v) is 9.15. The first-order valence-corrected chi connectivity index (χ1v) is 5.56. The van der Waals surface area contributed by atoms with E-state index in [4.69, 9.17) is 4.74 Å². The Bertz CT molecular complexity index is 283. The van der Waals surface area contributed by atoms with Crippen molar-refractivity contribution in [3.8, 4) is 0 Å². The van der Waals surface area contributed by atoms with Gasteiger partial charge in [-0.1, -0.05) is 0 Å². The average molecular weight is 206 g/mol. The number of nitrogens with one attached hydrogen (secondary N) is 1. The van der Waals surface area contributed by atoms with E-state index in [0.717, 1.165) is 19.8 Å². The van der Waals surface area contributed by atoms with Crippen molar-refractivity contribution < 1.29 is 4.74 Å². The SMILES string of the molecule is CC(NCc1ccncc1)C1CCOC1. The van der Waals surface area contributed by atoms with Crippen LogP contribution in [0.5, 0.6) is 0 Å². The van der Waals surface area contributed by atoms with Gasteiger partial charge in [-0.25, -0.2) is 0 Å². The van der Waals surface area contributed by atoms with Gasteiger partial charge in [0.05, 0.1) is 6.61 Å². The minimum Gasteiger partial charge on any atom is -0.381 e. The normalized spacial score (nSPS) is 22.9. The second-order valence-corrected chi connectivity index (χ2v) is 4.15. The molecule has 0 radical (unpaired) electrons. The smallest absolute Gasteiger partial charge is 0.0509 e. The summed E-state index contributed by atoms with van der Waals surface area (Å²) in [6.07, 6.45) is 4.85. The molecule has 1 saturated heterocycles. The van der Waals surface area contributed by atoms with Crippen molar-refractivity contribution in [1.29, 1.82) is 0 Å². The van der Waals surface area contributed by atoms with Gasteiger partial charge in [-0.05, 0) is 37.0 Å². The number of pyridine rings is 1. The predicted octanol–water partition coefficient (Wildman–Crippen LogP) is 1.60. The molecule has 15 heavy (non-hydrogen) atoms.